The smallest absolute Gasteiger partial charge is 0.291 e. The van der Waals surface area contributed by atoms with E-state index in [2.05, 4.69) is 69.7 Å². The molecule has 9 rings (SSSR count). The summed E-state index contributed by atoms with van der Waals surface area (Å²) in [5, 5.41) is 24.7. The third kappa shape index (κ3) is 26.7. The number of aromatic nitrogens is 8. The SMILES string of the molecule is CC(=O)N1c2ccc(-c3ccc(C(=O)NCCOCCOCCOCCOCCOCCOCCOCCOCCNC(=O)c4nc(NC(=O)CCNC(=O)c5c(NC(=O)c6nc(NC(=O)CCNC(=O)c7cc(NC(=O)c8nc(NC(=O)CCN)cn8C)cn7C)cn6C)ccn5C)cn4C)cc3)c(-c3cc(Cl)ccc3N)c2CC[C@@H]1C. The van der Waals surface area contributed by atoms with Crippen molar-refractivity contribution in [2.45, 2.75) is 52.0 Å². The summed E-state index contributed by atoms with van der Waals surface area (Å²) in [5.41, 5.74) is 19.2. The van der Waals surface area contributed by atoms with E-state index in [9.17, 15) is 47.9 Å². The fourth-order valence-electron chi connectivity index (χ4n) is 12.6. The van der Waals surface area contributed by atoms with Crippen LogP contribution in [0.3, 0.4) is 0 Å². The second-order valence-corrected chi connectivity index (χ2v) is 27.6. The first-order valence-electron chi connectivity index (χ1n) is 38.4. The molecule has 0 fully saturated rings. The fourth-order valence-corrected chi connectivity index (χ4v) is 12.7. The molecule has 6 heterocycles. The quantitative estimate of drug-likeness (QED) is 0.0186. The number of hydrogen-bond acceptors (Lipinski definition) is 23. The van der Waals surface area contributed by atoms with Gasteiger partial charge in [0.25, 0.3) is 35.4 Å². The first-order valence-corrected chi connectivity index (χ1v) is 38.8. The summed E-state index contributed by atoms with van der Waals surface area (Å²) in [7, 11) is 7.91. The van der Waals surface area contributed by atoms with Gasteiger partial charge in [-0.1, -0.05) is 29.8 Å². The van der Waals surface area contributed by atoms with Crippen molar-refractivity contribution in [3.8, 4) is 22.3 Å². The van der Waals surface area contributed by atoms with Gasteiger partial charge in [0, 0.05) is 159 Å². The number of halogens is 1. The van der Waals surface area contributed by atoms with Gasteiger partial charge < -0.3 is 125 Å². The molecule has 118 heavy (non-hydrogen) atoms. The van der Waals surface area contributed by atoms with E-state index in [1.54, 1.807) is 65.6 Å². The number of fused-ring (bicyclic) bond motifs is 1. The number of amides is 10. The number of rotatable bonds is 48. The number of nitrogens with two attached hydrogens (primary N) is 2. The van der Waals surface area contributed by atoms with Crippen LogP contribution in [0.5, 0.6) is 0 Å². The molecule has 0 bridgehead atoms. The van der Waals surface area contributed by atoms with Gasteiger partial charge in [-0.2, -0.15) is 0 Å². The Hall–Kier alpha value is -11.7. The van der Waals surface area contributed by atoms with E-state index in [-0.39, 0.29) is 134 Å². The summed E-state index contributed by atoms with van der Waals surface area (Å²) < 4.78 is 51.9. The van der Waals surface area contributed by atoms with Crippen LogP contribution in [0.1, 0.15) is 108 Å². The molecule has 0 radical (unpaired) electrons. The van der Waals surface area contributed by atoms with Crippen molar-refractivity contribution in [3.63, 3.8) is 0 Å². The number of nitrogens with one attached hydrogen (secondary N) is 9. The number of imidazole rings is 3. The van der Waals surface area contributed by atoms with Crippen molar-refractivity contribution in [1.29, 1.82) is 0 Å². The maximum absolute atomic E-state index is 13.5. The second-order valence-electron chi connectivity index (χ2n) is 27.2. The number of benzene rings is 3. The molecule has 0 aliphatic carbocycles. The average molecular weight is 1660 g/mol. The summed E-state index contributed by atoms with van der Waals surface area (Å²) in [6.45, 7) is 9.86. The van der Waals surface area contributed by atoms with Crippen molar-refractivity contribution in [1.82, 2.24) is 59.1 Å². The average Bonchev–Trinajstić information content (AvgIpc) is 0.975. The minimum Gasteiger partial charge on any atom is -0.398 e. The number of hydrogen-bond donors (Lipinski definition) is 11. The number of carbonyl (C=O) groups is 10. The summed E-state index contributed by atoms with van der Waals surface area (Å²) in [6, 6.07) is 19.8. The molecule has 8 aromatic rings. The van der Waals surface area contributed by atoms with Gasteiger partial charge in [0.15, 0.2) is 17.5 Å². The van der Waals surface area contributed by atoms with Gasteiger partial charge in [-0.3, -0.25) is 47.9 Å². The molecular formula is C79H103ClN20O18. The third-order valence-electron chi connectivity index (χ3n) is 18.3. The molecule has 0 spiro atoms. The van der Waals surface area contributed by atoms with Crippen LogP contribution in [0.25, 0.3) is 22.3 Å². The zero-order valence-corrected chi connectivity index (χ0v) is 67.9. The van der Waals surface area contributed by atoms with E-state index in [4.69, 9.17) is 61.0 Å². The van der Waals surface area contributed by atoms with E-state index in [0.717, 1.165) is 46.3 Å². The first kappa shape index (κ1) is 90.2. The second kappa shape index (κ2) is 45.7. The highest BCUT2D eigenvalue weighted by molar-refractivity contribution is 6.31. The third-order valence-corrected chi connectivity index (χ3v) is 18.5. The molecular weight excluding hydrogens is 1550 g/mol. The lowest BCUT2D eigenvalue weighted by Gasteiger charge is -2.36. The van der Waals surface area contributed by atoms with Crippen molar-refractivity contribution >= 4 is 111 Å². The number of nitrogen functional groups attached to an aromatic ring is 1. The molecule has 634 valence electrons. The van der Waals surface area contributed by atoms with E-state index < -0.39 is 41.4 Å². The van der Waals surface area contributed by atoms with E-state index in [0.29, 0.717) is 121 Å². The van der Waals surface area contributed by atoms with Crippen LogP contribution < -0.4 is 64.2 Å². The minimum atomic E-state index is -0.704. The molecule has 3 aromatic carbocycles. The van der Waals surface area contributed by atoms with E-state index in [1.165, 1.54) is 66.8 Å². The lowest BCUT2D eigenvalue weighted by molar-refractivity contribution is -0.117. The van der Waals surface area contributed by atoms with Crippen LogP contribution >= 0.6 is 11.6 Å². The lowest BCUT2D eigenvalue weighted by atomic mass is 9.84. The van der Waals surface area contributed by atoms with Gasteiger partial charge in [0.05, 0.1) is 117 Å². The first-order chi connectivity index (χ1) is 56.9. The monoisotopic (exact) mass is 1650 g/mol. The van der Waals surface area contributed by atoms with E-state index >= 15 is 0 Å². The number of aryl methyl sites for hydroxylation is 5. The highest BCUT2D eigenvalue weighted by Crippen LogP contribution is 2.46. The van der Waals surface area contributed by atoms with Gasteiger partial charge in [-0.05, 0) is 90.6 Å². The molecule has 0 unspecified atom stereocenters. The largest absolute Gasteiger partial charge is 0.398 e. The van der Waals surface area contributed by atoms with Crippen molar-refractivity contribution in [2.75, 3.05) is 176 Å². The molecule has 0 saturated heterocycles. The van der Waals surface area contributed by atoms with Gasteiger partial charge in [0.1, 0.15) is 11.4 Å². The normalized spacial score (nSPS) is 12.4. The Morgan fingerprint density at radius 1 is 0.466 bits per heavy atom. The molecule has 1 aliphatic rings. The Kier molecular flexibility index (Phi) is 34.9. The van der Waals surface area contributed by atoms with Crippen molar-refractivity contribution in [2.24, 2.45) is 41.0 Å². The van der Waals surface area contributed by atoms with Crippen molar-refractivity contribution < 1.29 is 85.8 Å². The summed E-state index contributed by atoms with van der Waals surface area (Å²) in [6.07, 6.45) is 8.75. The maximum Gasteiger partial charge on any atom is 0.291 e. The Labute approximate surface area is 686 Å². The Bertz CT molecular complexity index is 4780. The van der Waals surface area contributed by atoms with Crippen LogP contribution in [0.15, 0.2) is 97.7 Å². The van der Waals surface area contributed by atoms with Gasteiger partial charge in [-0.15, -0.1) is 0 Å². The Morgan fingerprint density at radius 3 is 1.42 bits per heavy atom. The molecule has 1 aliphatic heterocycles. The highest BCUT2D eigenvalue weighted by atomic mass is 35.5. The molecule has 38 nitrogen and oxygen atoms in total. The number of anilines is 7. The maximum atomic E-state index is 13.5. The fraction of sp³-hybridized carbons (Fsp3) is 0.430. The lowest BCUT2D eigenvalue weighted by Crippen LogP contribution is -2.40. The van der Waals surface area contributed by atoms with Crippen molar-refractivity contribution in [3.05, 3.63) is 143 Å². The number of nitrogens with zero attached hydrogens (tertiary/aromatic N) is 9. The van der Waals surface area contributed by atoms with E-state index in [1.807, 2.05) is 35.2 Å². The molecule has 5 aromatic heterocycles. The molecule has 39 heteroatoms. The van der Waals surface area contributed by atoms with Gasteiger partial charge >= 0.3 is 0 Å². The zero-order valence-electron chi connectivity index (χ0n) is 67.1. The highest BCUT2D eigenvalue weighted by Gasteiger charge is 2.31. The van der Waals surface area contributed by atoms with Crippen LogP contribution in [-0.4, -0.2) is 241 Å². The van der Waals surface area contributed by atoms with Gasteiger partial charge in [-0.25, -0.2) is 15.0 Å². The summed E-state index contributed by atoms with van der Waals surface area (Å²) in [4.78, 5) is 144. The Morgan fingerprint density at radius 2 is 0.924 bits per heavy atom. The minimum absolute atomic E-state index is 0.00338. The topological polar surface area (TPSA) is 471 Å². The summed E-state index contributed by atoms with van der Waals surface area (Å²) >= 11 is 6.49. The zero-order chi connectivity index (χ0) is 84.6. The standard InChI is InChI=1S/C79H103ClN20O18/c1-50-8-14-57-61(100(50)51(2)101)17-15-56(69(57)58-44-54(80)13-16-59(58)82)52-9-11-53(12-10-52)74(105)85-25-28-111-30-32-113-34-36-115-38-40-117-42-43-118-41-39-116-37-35-114-33-31-112-29-26-86-77(108)71-92-64(47-97(71)5)90-68(104)20-24-84-76(107)70-60(21-27-95(70)3)88-79(110)73-94-65(49-99(73)7)91-67(103)19-23-83-75(106)62-45-55(46-96(62)4)87-78(109)72-93-63(48-98(72)6)89-66(102)18-22-81/h9-13,15-17,21,27,44-50H,8,14,18-20,22-26,28-43,81-82H2,1-7H3,(H,83,106)(H,84,107)(H,85,105)(H,86,108)(H,87,109)(H,88,110)(H,89,102)(H,90,104)(H,91,103)/t50-/m0/s1. The molecule has 1 atom stereocenters. The van der Waals surface area contributed by atoms with Gasteiger partial charge in [0.2, 0.25) is 41.1 Å². The predicted molar refractivity (Wildman–Crippen MR) is 439 cm³/mol. The number of ether oxygens (including phenoxy) is 8. The molecule has 0 saturated carbocycles. The van der Waals surface area contributed by atoms with Crippen LogP contribution in [0, 0.1) is 0 Å². The van der Waals surface area contributed by atoms with Crippen LogP contribution in [0.2, 0.25) is 5.02 Å². The summed E-state index contributed by atoms with van der Waals surface area (Å²) in [5.74, 6) is -4.27. The predicted octanol–water partition coefficient (Wildman–Crippen LogP) is 4.42. The van der Waals surface area contributed by atoms with Crippen LogP contribution in [0.4, 0.5) is 40.2 Å². The molecule has 13 N–H and O–H groups in total. The molecule has 10 amide bonds. The Balaban J connectivity index is 0.531. The van der Waals surface area contributed by atoms with Crippen LogP contribution in [-0.2, 0) is 98.7 Å². The number of carbonyl (C=O) groups excluding carboxylic acids is 10.